The highest BCUT2D eigenvalue weighted by Gasteiger charge is 2.22. The van der Waals surface area contributed by atoms with Gasteiger partial charge in [-0.3, -0.25) is 4.79 Å². The number of hydrogen-bond acceptors (Lipinski definition) is 4. The van der Waals surface area contributed by atoms with Gasteiger partial charge in [0.2, 0.25) is 0 Å². The van der Waals surface area contributed by atoms with Crippen LogP contribution >= 0.6 is 0 Å². The van der Waals surface area contributed by atoms with E-state index in [1.165, 1.54) is 31.4 Å². The van der Waals surface area contributed by atoms with Gasteiger partial charge in [-0.15, -0.1) is 0 Å². The highest BCUT2D eigenvalue weighted by Crippen LogP contribution is 2.21. The molecular formula is C28H39N3O2. The first-order valence-electron chi connectivity index (χ1n) is 12.7. The van der Waals surface area contributed by atoms with Crippen molar-refractivity contribution in [3.8, 4) is 5.75 Å². The van der Waals surface area contributed by atoms with Crippen LogP contribution < -0.4 is 10.1 Å². The lowest BCUT2D eigenvalue weighted by molar-refractivity contribution is 0.0940. The molecule has 0 saturated carbocycles. The zero-order chi connectivity index (χ0) is 22.9. The van der Waals surface area contributed by atoms with Crippen LogP contribution in [0.1, 0.15) is 54.4 Å². The van der Waals surface area contributed by atoms with Crippen molar-refractivity contribution in [3.63, 3.8) is 0 Å². The van der Waals surface area contributed by atoms with Crippen molar-refractivity contribution in [1.82, 2.24) is 15.1 Å². The average Bonchev–Trinajstić information content (AvgIpc) is 3.25. The van der Waals surface area contributed by atoms with Crippen LogP contribution in [0, 0.1) is 0 Å². The minimum atomic E-state index is -0.00525. The number of hydrogen-bond donors (Lipinski definition) is 1. The van der Waals surface area contributed by atoms with Gasteiger partial charge in [0, 0.05) is 31.2 Å². The number of carbonyl (C=O) groups excluding carboxylic acids is 1. The summed E-state index contributed by atoms with van der Waals surface area (Å²) in [6.45, 7) is 5.20. The van der Waals surface area contributed by atoms with E-state index >= 15 is 0 Å². The third kappa shape index (κ3) is 7.31. The van der Waals surface area contributed by atoms with Gasteiger partial charge in [-0.25, -0.2) is 0 Å². The molecule has 1 unspecified atom stereocenters. The number of benzene rings is 2. The monoisotopic (exact) mass is 449 g/mol. The quantitative estimate of drug-likeness (QED) is 0.585. The molecule has 0 bridgehead atoms. The van der Waals surface area contributed by atoms with E-state index in [-0.39, 0.29) is 12.0 Å². The standard InChI is InChI=1S/C28H39N3O2/c1-30-18-7-12-25(30)14-17-29-28(32)24-11-5-13-27(22-24)33-26-15-20-31(21-16-26)19-6-10-23-8-3-2-4-9-23/h2-5,8-9,11,13,22,25-26H,6-7,10,12,14-21H2,1H3,(H,29,32). The molecule has 2 fully saturated rings. The Morgan fingerprint density at radius 1 is 1.03 bits per heavy atom. The summed E-state index contributed by atoms with van der Waals surface area (Å²) >= 11 is 0. The molecule has 2 heterocycles. The van der Waals surface area contributed by atoms with Crippen LogP contribution in [0.3, 0.4) is 0 Å². The minimum Gasteiger partial charge on any atom is -0.490 e. The Kier molecular flexibility index (Phi) is 8.79. The lowest BCUT2D eigenvalue weighted by Crippen LogP contribution is -2.38. The van der Waals surface area contributed by atoms with Crippen LogP contribution in [-0.4, -0.2) is 67.6 Å². The number of carbonyl (C=O) groups is 1. The average molecular weight is 450 g/mol. The second-order valence-electron chi connectivity index (χ2n) is 9.60. The molecule has 5 heteroatoms. The fourth-order valence-electron chi connectivity index (χ4n) is 5.10. The van der Waals surface area contributed by atoms with Gasteiger partial charge >= 0.3 is 0 Å². The number of nitrogens with zero attached hydrogens (tertiary/aromatic N) is 2. The summed E-state index contributed by atoms with van der Waals surface area (Å²) in [6.07, 6.45) is 8.16. The molecule has 2 saturated heterocycles. The second-order valence-corrected chi connectivity index (χ2v) is 9.60. The number of piperidine rings is 1. The summed E-state index contributed by atoms with van der Waals surface area (Å²) in [5.74, 6) is 0.801. The normalized spacial score (nSPS) is 20.1. The highest BCUT2D eigenvalue weighted by molar-refractivity contribution is 5.94. The zero-order valence-electron chi connectivity index (χ0n) is 20.0. The third-order valence-electron chi connectivity index (χ3n) is 7.15. The molecule has 5 nitrogen and oxygen atoms in total. The summed E-state index contributed by atoms with van der Waals surface area (Å²) in [4.78, 5) is 17.6. The van der Waals surface area contributed by atoms with E-state index in [9.17, 15) is 4.79 Å². The van der Waals surface area contributed by atoms with Gasteiger partial charge < -0.3 is 19.9 Å². The van der Waals surface area contributed by atoms with E-state index in [0.29, 0.717) is 11.6 Å². The first kappa shape index (κ1) is 23.8. The van der Waals surface area contributed by atoms with Crippen molar-refractivity contribution in [2.24, 2.45) is 0 Å². The van der Waals surface area contributed by atoms with E-state index in [1.54, 1.807) is 0 Å². The second kappa shape index (κ2) is 12.2. The van der Waals surface area contributed by atoms with Gasteiger partial charge in [-0.1, -0.05) is 36.4 Å². The zero-order valence-corrected chi connectivity index (χ0v) is 20.0. The Morgan fingerprint density at radius 2 is 1.85 bits per heavy atom. The number of rotatable bonds is 10. The van der Waals surface area contributed by atoms with E-state index in [4.69, 9.17) is 4.74 Å². The molecule has 0 radical (unpaired) electrons. The Labute approximate surface area is 199 Å². The molecule has 2 aliphatic rings. The molecule has 178 valence electrons. The molecule has 0 spiro atoms. The van der Waals surface area contributed by atoms with Gasteiger partial charge in [0.05, 0.1) is 0 Å². The molecular weight excluding hydrogens is 410 g/mol. The summed E-state index contributed by atoms with van der Waals surface area (Å²) < 4.78 is 6.25. The number of likely N-dealkylation sites (tertiary alicyclic amines) is 2. The molecule has 2 aliphatic heterocycles. The van der Waals surface area contributed by atoms with Gasteiger partial charge in [0.15, 0.2) is 0 Å². The van der Waals surface area contributed by atoms with Gasteiger partial charge in [-0.2, -0.15) is 0 Å². The van der Waals surface area contributed by atoms with Crippen molar-refractivity contribution in [1.29, 1.82) is 0 Å². The molecule has 0 aromatic heterocycles. The topological polar surface area (TPSA) is 44.8 Å². The minimum absolute atomic E-state index is 0.00525. The lowest BCUT2D eigenvalue weighted by Gasteiger charge is -2.32. The van der Waals surface area contributed by atoms with Gasteiger partial charge in [-0.05, 0) is 88.8 Å². The summed E-state index contributed by atoms with van der Waals surface area (Å²) in [7, 11) is 2.18. The Bertz CT molecular complexity index is 864. The van der Waals surface area contributed by atoms with Crippen LogP contribution in [0.5, 0.6) is 5.75 Å². The van der Waals surface area contributed by atoms with Crippen molar-refractivity contribution >= 4 is 5.91 Å². The molecule has 1 amide bonds. The highest BCUT2D eigenvalue weighted by atomic mass is 16.5. The maximum atomic E-state index is 12.6. The first-order chi connectivity index (χ1) is 16.2. The predicted octanol–water partition coefficient (Wildman–Crippen LogP) is 4.38. The van der Waals surface area contributed by atoms with E-state index < -0.39 is 0 Å². The predicted molar refractivity (Wildman–Crippen MR) is 134 cm³/mol. The molecule has 1 atom stereocenters. The fraction of sp³-hybridized carbons (Fsp3) is 0.536. The summed E-state index contributed by atoms with van der Waals surface area (Å²) in [5, 5.41) is 3.09. The number of amides is 1. The summed E-state index contributed by atoms with van der Waals surface area (Å²) in [5.41, 5.74) is 2.11. The summed E-state index contributed by atoms with van der Waals surface area (Å²) in [6, 6.07) is 19.0. The number of nitrogens with one attached hydrogen (secondary N) is 1. The van der Waals surface area contributed by atoms with Crippen LogP contribution in [0.25, 0.3) is 0 Å². The maximum Gasteiger partial charge on any atom is 0.251 e. The van der Waals surface area contributed by atoms with Crippen molar-refractivity contribution in [2.45, 2.75) is 57.1 Å². The fourth-order valence-corrected chi connectivity index (χ4v) is 5.10. The lowest BCUT2D eigenvalue weighted by atomic mass is 10.1. The largest absolute Gasteiger partial charge is 0.490 e. The van der Waals surface area contributed by atoms with Crippen LogP contribution in [0.2, 0.25) is 0 Å². The molecule has 33 heavy (non-hydrogen) atoms. The molecule has 1 N–H and O–H groups in total. The molecule has 4 rings (SSSR count). The van der Waals surface area contributed by atoms with Gasteiger partial charge in [0.25, 0.3) is 5.91 Å². The first-order valence-corrected chi connectivity index (χ1v) is 12.7. The Hall–Kier alpha value is -2.37. The Morgan fingerprint density at radius 3 is 2.61 bits per heavy atom. The van der Waals surface area contributed by atoms with Crippen LogP contribution in [0.15, 0.2) is 54.6 Å². The third-order valence-corrected chi connectivity index (χ3v) is 7.15. The number of aryl methyl sites for hydroxylation is 1. The SMILES string of the molecule is CN1CCCC1CCNC(=O)c1cccc(OC2CCN(CCCc3ccccc3)CC2)c1. The van der Waals surface area contributed by atoms with Crippen molar-refractivity contribution < 1.29 is 9.53 Å². The molecule has 0 aliphatic carbocycles. The van der Waals surface area contributed by atoms with Crippen LogP contribution in [0.4, 0.5) is 0 Å². The molecule has 2 aromatic rings. The van der Waals surface area contributed by atoms with Crippen molar-refractivity contribution in [3.05, 3.63) is 65.7 Å². The van der Waals surface area contributed by atoms with E-state index in [2.05, 4.69) is 52.5 Å². The van der Waals surface area contributed by atoms with Gasteiger partial charge in [0.1, 0.15) is 11.9 Å². The molecule has 2 aromatic carbocycles. The smallest absolute Gasteiger partial charge is 0.251 e. The maximum absolute atomic E-state index is 12.6. The van der Waals surface area contributed by atoms with E-state index in [1.807, 2.05) is 24.3 Å². The van der Waals surface area contributed by atoms with Crippen molar-refractivity contribution in [2.75, 3.05) is 39.8 Å². The van der Waals surface area contributed by atoms with Crippen LogP contribution in [-0.2, 0) is 6.42 Å². The number of ether oxygens (including phenoxy) is 1. The Balaban J connectivity index is 1.16. The van der Waals surface area contributed by atoms with E-state index in [0.717, 1.165) is 57.6 Å².